The van der Waals surface area contributed by atoms with Gasteiger partial charge in [-0.1, -0.05) is 12.1 Å². The van der Waals surface area contributed by atoms with E-state index in [0.717, 1.165) is 16.8 Å². The lowest BCUT2D eigenvalue weighted by atomic mass is 9.88. The summed E-state index contributed by atoms with van der Waals surface area (Å²) in [6, 6.07) is 9.29. The van der Waals surface area contributed by atoms with E-state index in [2.05, 4.69) is 16.4 Å². The quantitative estimate of drug-likeness (QED) is 0.855. The summed E-state index contributed by atoms with van der Waals surface area (Å²) in [4.78, 5) is 16.7. The maximum atomic E-state index is 12.3. The van der Waals surface area contributed by atoms with Gasteiger partial charge in [-0.25, -0.2) is 4.98 Å². The molecule has 1 N–H and O–H groups in total. The molecule has 2 heterocycles. The van der Waals surface area contributed by atoms with Gasteiger partial charge >= 0.3 is 0 Å². The fourth-order valence-electron chi connectivity index (χ4n) is 3.19. The van der Waals surface area contributed by atoms with E-state index < -0.39 is 0 Å². The zero-order chi connectivity index (χ0) is 20.3. The second kappa shape index (κ2) is 7.87. The highest BCUT2D eigenvalue weighted by Crippen LogP contribution is 2.34. The van der Waals surface area contributed by atoms with Gasteiger partial charge in [0.1, 0.15) is 17.4 Å². The van der Waals surface area contributed by atoms with Crippen LogP contribution < -0.4 is 14.8 Å². The van der Waals surface area contributed by atoms with Crippen molar-refractivity contribution in [2.24, 2.45) is 0 Å². The van der Waals surface area contributed by atoms with Crippen molar-refractivity contribution in [2.75, 3.05) is 19.0 Å². The standard InChI is InChI=1S/C21H23N3O4/c1-13-16-11-28-21(2,3)9-14(16)15(10-22)20(23-13)27-12-19(25)24-17-7-5-6-8-18(17)26-4/h5-8H,9,11-12H2,1-4H3,(H,24,25). The van der Waals surface area contributed by atoms with E-state index in [4.69, 9.17) is 14.2 Å². The molecule has 0 spiro atoms. The van der Waals surface area contributed by atoms with Crippen LogP contribution in [0, 0.1) is 18.3 Å². The first kappa shape index (κ1) is 19.6. The Morgan fingerprint density at radius 1 is 1.36 bits per heavy atom. The molecule has 1 aliphatic rings. The van der Waals surface area contributed by atoms with Gasteiger partial charge in [0.2, 0.25) is 5.88 Å². The van der Waals surface area contributed by atoms with E-state index in [1.807, 2.05) is 26.8 Å². The van der Waals surface area contributed by atoms with Crippen molar-refractivity contribution in [1.29, 1.82) is 5.26 Å². The molecule has 146 valence electrons. The highest BCUT2D eigenvalue weighted by atomic mass is 16.5. The highest BCUT2D eigenvalue weighted by Gasteiger charge is 2.31. The van der Waals surface area contributed by atoms with Crippen molar-refractivity contribution in [3.63, 3.8) is 0 Å². The predicted molar refractivity (Wildman–Crippen MR) is 103 cm³/mol. The Hall–Kier alpha value is -3.11. The number of ether oxygens (including phenoxy) is 3. The molecule has 7 nitrogen and oxygen atoms in total. The molecule has 0 saturated heterocycles. The number of rotatable bonds is 5. The van der Waals surface area contributed by atoms with Crippen LogP contribution in [0.4, 0.5) is 5.69 Å². The minimum atomic E-state index is -0.370. The zero-order valence-corrected chi connectivity index (χ0v) is 16.5. The van der Waals surface area contributed by atoms with E-state index in [0.29, 0.717) is 30.0 Å². The summed E-state index contributed by atoms with van der Waals surface area (Å²) < 4.78 is 16.7. The molecule has 7 heteroatoms. The molecule has 0 atom stereocenters. The number of carbonyl (C=O) groups excluding carboxylic acids is 1. The Balaban J connectivity index is 1.79. The number of aromatic nitrogens is 1. The molecular formula is C21H23N3O4. The smallest absolute Gasteiger partial charge is 0.262 e. The number of hydrogen-bond donors (Lipinski definition) is 1. The molecule has 1 amide bonds. The summed E-state index contributed by atoms with van der Waals surface area (Å²) >= 11 is 0. The molecule has 1 aromatic carbocycles. The molecule has 1 aromatic heterocycles. The number of para-hydroxylation sites is 2. The normalized spacial score (nSPS) is 14.5. The Kier molecular flexibility index (Phi) is 5.52. The van der Waals surface area contributed by atoms with Gasteiger partial charge in [0.15, 0.2) is 6.61 Å². The lowest BCUT2D eigenvalue weighted by Gasteiger charge is -2.33. The molecule has 1 aliphatic heterocycles. The number of aryl methyl sites for hydroxylation is 1. The van der Waals surface area contributed by atoms with Crippen LogP contribution in [0.1, 0.15) is 36.2 Å². The van der Waals surface area contributed by atoms with E-state index in [-0.39, 0.29) is 24.0 Å². The summed E-state index contributed by atoms with van der Waals surface area (Å²) in [7, 11) is 1.53. The maximum Gasteiger partial charge on any atom is 0.262 e. The lowest BCUT2D eigenvalue weighted by molar-refractivity contribution is -0.118. The van der Waals surface area contributed by atoms with Gasteiger partial charge in [0.25, 0.3) is 5.91 Å². The van der Waals surface area contributed by atoms with Crippen LogP contribution in [-0.2, 0) is 22.6 Å². The van der Waals surface area contributed by atoms with Crippen LogP contribution in [0.15, 0.2) is 24.3 Å². The van der Waals surface area contributed by atoms with Crippen molar-refractivity contribution in [1.82, 2.24) is 4.98 Å². The van der Waals surface area contributed by atoms with E-state index in [9.17, 15) is 10.1 Å². The topological polar surface area (TPSA) is 93.5 Å². The number of nitriles is 1. The van der Waals surface area contributed by atoms with Crippen LogP contribution in [0.2, 0.25) is 0 Å². The molecular weight excluding hydrogens is 358 g/mol. The first-order valence-corrected chi connectivity index (χ1v) is 8.96. The summed E-state index contributed by atoms with van der Waals surface area (Å²) in [5, 5.41) is 12.4. The molecule has 0 saturated carbocycles. The lowest BCUT2D eigenvalue weighted by Crippen LogP contribution is -2.33. The van der Waals surface area contributed by atoms with Crippen LogP contribution in [-0.4, -0.2) is 30.2 Å². The number of nitrogens with zero attached hydrogens (tertiary/aromatic N) is 2. The van der Waals surface area contributed by atoms with Gasteiger partial charge in [0, 0.05) is 17.7 Å². The van der Waals surface area contributed by atoms with E-state index in [1.165, 1.54) is 7.11 Å². The third-order valence-corrected chi connectivity index (χ3v) is 4.63. The van der Waals surface area contributed by atoms with Gasteiger partial charge in [-0.2, -0.15) is 5.26 Å². The fourth-order valence-corrected chi connectivity index (χ4v) is 3.19. The van der Waals surface area contributed by atoms with Gasteiger partial charge in [-0.3, -0.25) is 4.79 Å². The molecule has 0 unspecified atom stereocenters. The first-order valence-electron chi connectivity index (χ1n) is 8.96. The number of methoxy groups -OCH3 is 1. The SMILES string of the molecule is COc1ccccc1NC(=O)COc1nc(C)c2c(c1C#N)CC(C)(C)OC2. The predicted octanol–water partition coefficient (Wildman–Crippen LogP) is 3.14. The van der Waals surface area contributed by atoms with Crippen molar-refractivity contribution < 1.29 is 19.0 Å². The number of amides is 1. The van der Waals surface area contributed by atoms with Crippen molar-refractivity contribution in [3.8, 4) is 17.7 Å². The number of nitrogens with one attached hydrogen (secondary N) is 1. The Morgan fingerprint density at radius 2 is 2.11 bits per heavy atom. The third-order valence-electron chi connectivity index (χ3n) is 4.63. The van der Waals surface area contributed by atoms with Crippen LogP contribution in [0.25, 0.3) is 0 Å². The van der Waals surface area contributed by atoms with Crippen molar-refractivity contribution in [2.45, 2.75) is 39.4 Å². The highest BCUT2D eigenvalue weighted by molar-refractivity contribution is 5.93. The summed E-state index contributed by atoms with van der Waals surface area (Å²) in [6.07, 6.45) is 0.582. The average Bonchev–Trinajstić information content (AvgIpc) is 2.66. The van der Waals surface area contributed by atoms with Crippen molar-refractivity contribution in [3.05, 3.63) is 46.6 Å². The van der Waals surface area contributed by atoms with Crippen molar-refractivity contribution >= 4 is 11.6 Å². The minimum absolute atomic E-state index is 0.173. The zero-order valence-electron chi connectivity index (χ0n) is 16.5. The summed E-state index contributed by atoms with van der Waals surface area (Å²) in [5.74, 6) is 0.361. The summed E-state index contributed by atoms with van der Waals surface area (Å²) in [5.41, 5.74) is 3.08. The molecule has 2 aromatic rings. The van der Waals surface area contributed by atoms with Crippen LogP contribution in [0.3, 0.4) is 0 Å². The number of carbonyl (C=O) groups is 1. The second-order valence-corrected chi connectivity index (χ2v) is 7.21. The Labute approximate surface area is 164 Å². The number of fused-ring (bicyclic) bond motifs is 1. The average molecular weight is 381 g/mol. The number of pyridine rings is 1. The van der Waals surface area contributed by atoms with Gasteiger partial charge in [0.05, 0.1) is 25.0 Å². The maximum absolute atomic E-state index is 12.3. The largest absolute Gasteiger partial charge is 0.495 e. The Morgan fingerprint density at radius 3 is 2.82 bits per heavy atom. The molecule has 28 heavy (non-hydrogen) atoms. The number of anilines is 1. The van der Waals surface area contributed by atoms with E-state index >= 15 is 0 Å². The van der Waals surface area contributed by atoms with Gasteiger partial charge < -0.3 is 19.5 Å². The van der Waals surface area contributed by atoms with Crippen LogP contribution >= 0.6 is 0 Å². The molecule has 0 bridgehead atoms. The molecule has 3 rings (SSSR count). The Bertz CT molecular complexity index is 947. The number of hydrogen-bond acceptors (Lipinski definition) is 6. The fraction of sp³-hybridized carbons (Fsp3) is 0.381. The monoisotopic (exact) mass is 381 g/mol. The first-order chi connectivity index (χ1) is 13.3. The number of benzene rings is 1. The van der Waals surface area contributed by atoms with Crippen LogP contribution in [0.5, 0.6) is 11.6 Å². The van der Waals surface area contributed by atoms with E-state index in [1.54, 1.807) is 18.2 Å². The minimum Gasteiger partial charge on any atom is -0.495 e. The van der Waals surface area contributed by atoms with Gasteiger partial charge in [-0.05, 0) is 38.5 Å². The summed E-state index contributed by atoms with van der Waals surface area (Å²) in [6.45, 7) is 5.95. The van der Waals surface area contributed by atoms with Gasteiger partial charge in [-0.15, -0.1) is 0 Å². The molecule has 0 radical (unpaired) electrons. The third kappa shape index (κ3) is 4.07. The molecule has 0 aliphatic carbocycles. The molecule has 0 fully saturated rings. The second-order valence-electron chi connectivity index (χ2n) is 7.21.